The Hall–Kier alpha value is -0.610. The van der Waals surface area contributed by atoms with Gasteiger partial charge >= 0.3 is 0 Å². The number of rotatable bonds is 1. The van der Waals surface area contributed by atoms with E-state index in [4.69, 9.17) is 0 Å². The molecule has 0 spiro atoms. The minimum Gasteiger partial charge on any atom is -0.369 e. The molecule has 2 unspecified atom stereocenters. The fraction of sp³-hybridized carbons (Fsp3) is 0.643. The second-order valence-corrected chi connectivity index (χ2v) is 6.29. The zero-order valence-corrected chi connectivity index (χ0v) is 12.4. The number of piperidine rings is 1. The predicted molar refractivity (Wildman–Crippen MR) is 78.0 cm³/mol. The Morgan fingerprint density at radius 1 is 1.22 bits per heavy atom. The van der Waals surface area contributed by atoms with Crippen LogP contribution in [0.1, 0.15) is 25.7 Å². The molecule has 1 aromatic heterocycles. The van der Waals surface area contributed by atoms with E-state index < -0.39 is 0 Å². The maximum atomic E-state index is 4.35. The van der Waals surface area contributed by atoms with Crippen molar-refractivity contribution in [2.24, 2.45) is 0 Å². The number of anilines is 1. The van der Waals surface area contributed by atoms with Crippen molar-refractivity contribution < 1.29 is 0 Å². The van der Waals surface area contributed by atoms with Crippen LogP contribution in [0, 0.1) is 0 Å². The highest BCUT2D eigenvalue weighted by Crippen LogP contribution is 2.29. The zero-order chi connectivity index (χ0) is 12.5. The molecular weight excluding hydrogens is 290 g/mol. The third kappa shape index (κ3) is 2.41. The van der Waals surface area contributed by atoms with Crippen LogP contribution in [0.4, 0.5) is 5.69 Å². The first-order valence-corrected chi connectivity index (χ1v) is 7.62. The number of nitrogens with zero attached hydrogens (tertiary/aromatic N) is 3. The first-order chi connectivity index (χ1) is 8.74. The van der Waals surface area contributed by atoms with E-state index >= 15 is 0 Å². The molecule has 3 rings (SSSR count). The molecule has 2 aliphatic rings. The van der Waals surface area contributed by atoms with Gasteiger partial charge in [0.05, 0.1) is 11.9 Å². The summed E-state index contributed by atoms with van der Waals surface area (Å²) in [7, 11) is 2.30. The van der Waals surface area contributed by atoms with Gasteiger partial charge < -0.3 is 4.90 Å². The lowest BCUT2D eigenvalue weighted by atomic mass is 9.96. The van der Waals surface area contributed by atoms with Gasteiger partial charge in [0.25, 0.3) is 0 Å². The second kappa shape index (κ2) is 5.17. The van der Waals surface area contributed by atoms with Gasteiger partial charge in [0.15, 0.2) is 0 Å². The van der Waals surface area contributed by atoms with Crippen LogP contribution in [0.5, 0.6) is 0 Å². The molecule has 2 aliphatic heterocycles. The molecule has 0 N–H and O–H groups in total. The number of hydrogen-bond acceptors (Lipinski definition) is 3. The number of aromatic nitrogens is 1. The van der Waals surface area contributed by atoms with E-state index in [0.29, 0.717) is 0 Å². The largest absolute Gasteiger partial charge is 0.369 e. The Labute approximate surface area is 117 Å². The topological polar surface area (TPSA) is 19.4 Å². The third-order valence-corrected chi connectivity index (χ3v) is 4.94. The summed E-state index contributed by atoms with van der Waals surface area (Å²) in [6, 6.07) is 5.72. The standard InChI is InChI=1S/C14H20BrN3/c1-17-11-3-2-4-13(17)10-18(8-7-11)12-5-6-14(15)16-9-12/h5-6,9,11,13H,2-4,7-8,10H2,1H3. The predicted octanol–water partition coefficient (Wildman–Crippen LogP) is 2.91. The minimum absolute atomic E-state index is 0.717. The van der Waals surface area contributed by atoms with Crippen molar-refractivity contribution in [3.05, 3.63) is 22.9 Å². The zero-order valence-electron chi connectivity index (χ0n) is 10.8. The van der Waals surface area contributed by atoms with Crippen LogP contribution in [0.3, 0.4) is 0 Å². The van der Waals surface area contributed by atoms with Gasteiger partial charge in [0.2, 0.25) is 0 Å². The van der Waals surface area contributed by atoms with Gasteiger partial charge in [-0.25, -0.2) is 4.98 Å². The van der Waals surface area contributed by atoms with Gasteiger partial charge in [-0.2, -0.15) is 0 Å². The fourth-order valence-corrected chi connectivity index (χ4v) is 3.54. The van der Waals surface area contributed by atoms with E-state index in [9.17, 15) is 0 Å². The molecule has 2 fully saturated rings. The third-order valence-electron chi connectivity index (χ3n) is 4.47. The summed E-state index contributed by atoms with van der Waals surface area (Å²) in [6.07, 6.45) is 7.38. The molecule has 0 amide bonds. The molecule has 1 aromatic rings. The van der Waals surface area contributed by atoms with Crippen molar-refractivity contribution in [3.63, 3.8) is 0 Å². The molecule has 18 heavy (non-hydrogen) atoms. The van der Waals surface area contributed by atoms with Crippen LogP contribution in [-0.4, -0.2) is 42.1 Å². The van der Waals surface area contributed by atoms with Gasteiger partial charge in [0.1, 0.15) is 4.60 Å². The normalized spacial score (nSPS) is 29.1. The highest BCUT2D eigenvalue weighted by molar-refractivity contribution is 9.10. The lowest BCUT2D eigenvalue weighted by molar-refractivity contribution is 0.127. The van der Waals surface area contributed by atoms with E-state index in [1.807, 2.05) is 12.3 Å². The van der Waals surface area contributed by atoms with E-state index in [2.05, 4.69) is 43.8 Å². The Morgan fingerprint density at radius 3 is 2.83 bits per heavy atom. The molecule has 2 atom stereocenters. The molecule has 4 heteroatoms. The monoisotopic (exact) mass is 309 g/mol. The van der Waals surface area contributed by atoms with Gasteiger partial charge in [-0.05, 0) is 54.4 Å². The maximum absolute atomic E-state index is 4.35. The molecule has 3 nitrogen and oxygen atoms in total. The van der Waals surface area contributed by atoms with Crippen molar-refractivity contribution in [2.75, 3.05) is 25.0 Å². The Kier molecular flexibility index (Phi) is 3.57. The average molecular weight is 310 g/mol. The number of fused-ring (bicyclic) bond motifs is 2. The van der Waals surface area contributed by atoms with Crippen LogP contribution in [0.2, 0.25) is 0 Å². The summed E-state index contributed by atoms with van der Waals surface area (Å²) in [5.74, 6) is 0. The molecule has 0 aromatic carbocycles. The SMILES string of the molecule is CN1C2CCCC1CN(c1ccc(Br)nc1)CC2. The van der Waals surface area contributed by atoms with Crippen molar-refractivity contribution in [2.45, 2.75) is 37.8 Å². The number of likely N-dealkylation sites (N-methyl/N-ethyl adjacent to an activating group) is 1. The summed E-state index contributed by atoms with van der Waals surface area (Å²) in [5.41, 5.74) is 1.26. The lowest BCUT2D eigenvalue weighted by Gasteiger charge is -2.37. The van der Waals surface area contributed by atoms with Crippen molar-refractivity contribution in [1.82, 2.24) is 9.88 Å². The number of halogens is 1. The summed E-state index contributed by atoms with van der Waals surface area (Å²) in [4.78, 5) is 9.46. The fourth-order valence-electron chi connectivity index (χ4n) is 3.30. The van der Waals surface area contributed by atoms with Crippen LogP contribution >= 0.6 is 15.9 Å². The summed E-state index contributed by atoms with van der Waals surface area (Å²) < 4.78 is 0.914. The molecule has 0 aliphatic carbocycles. The maximum Gasteiger partial charge on any atom is 0.106 e. The second-order valence-electron chi connectivity index (χ2n) is 5.48. The summed E-state index contributed by atoms with van der Waals surface area (Å²) in [6.45, 7) is 2.31. The van der Waals surface area contributed by atoms with E-state index in [-0.39, 0.29) is 0 Å². The Balaban J connectivity index is 1.79. The summed E-state index contributed by atoms with van der Waals surface area (Å²) in [5, 5.41) is 0. The summed E-state index contributed by atoms with van der Waals surface area (Å²) >= 11 is 3.40. The first-order valence-electron chi connectivity index (χ1n) is 6.82. The molecule has 2 saturated heterocycles. The van der Waals surface area contributed by atoms with Crippen LogP contribution < -0.4 is 4.90 Å². The lowest BCUT2D eigenvalue weighted by Crippen LogP contribution is -2.45. The number of hydrogen-bond donors (Lipinski definition) is 0. The Morgan fingerprint density at radius 2 is 2.06 bits per heavy atom. The molecular formula is C14H20BrN3. The molecule has 2 bridgehead atoms. The smallest absolute Gasteiger partial charge is 0.106 e. The van der Waals surface area contributed by atoms with Crippen molar-refractivity contribution in [1.29, 1.82) is 0 Å². The van der Waals surface area contributed by atoms with Crippen LogP contribution in [-0.2, 0) is 0 Å². The quantitative estimate of drug-likeness (QED) is 0.744. The average Bonchev–Trinajstić information content (AvgIpc) is 2.48. The van der Waals surface area contributed by atoms with Gasteiger partial charge in [0, 0.05) is 25.2 Å². The van der Waals surface area contributed by atoms with E-state index in [1.165, 1.54) is 31.4 Å². The van der Waals surface area contributed by atoms with Gasteiger partial charge in [-0.15, -0.1) is 0 Å². The van der Waals surface area contributed by atoms with Crippen LogP contribution in [0.25, 0.3) is 0 Å². The molecule has 0 saturated carbocycles. The molecule has 98 valence electrons. The molecule has 0 radical (unpaired) electrons. The van der Waals surface area contributed by atoms with Crippen molar-refractivity contribution >= 4 is 21.6 Å². The van der Waals surface area contributed by atoms with E-state index in [0.717, 1.165) is 29.8 Å². The van der Waals surface area contributed by atoms with Crippen LogP contribution in [0.15, 0.2) is 22.9 Å². The number of pyridine rings is 1. The highest BCUT2D eigenvalue weighted by atomic mass is 79.9. The first kappa shape index (κ1) is 12.4. The van der Waals surface area contributed by atoms with Gasteiger partial charge in [-0.1, -0.05) is 6.42 Å². The molecule has 3 heterocycles. The minimum atomic E-state index is 0.717. The highest BCUT2D eigenvalue weighted by Gasteiger charge is 2.32. The van der Waals surface area contributed by atoms with Crippen molar-refractivity contribution in [3.8, 4) is 0 Å². The van der Waals surface area contributed by atoms with E-state index in [1.54, 1.807) is 0 Å². The van der Waals surface area contributed by atoms with Gasteiger partial charge in [-0.3, -0.25) is 4.90 Å². The Bertz CT molecular complexity index is 406.